The first-order valence-electron chi connectivity index (χ1n) is 4.82. The fourth-order valence-corrected chi connectivity index (χ4v) is 1.03. The van der Waals surface area contributed by atoms with E-state index in [-0.39, 0.29) is 13.1 Å². The second kappa shape index (κ2) is 10.3. The van der Waals surface area contributed by atoms with Crippen LogP contribution in [0.1, 0.15) is 12.8 Å². The normalized spacial score (nSPS) is 11.3. The molecular formula is C10H12N2O5. The van der Waals surface area contributed by atoms with Gasteiger partial charge in [0.2, 0.25) is 12.2 Å². The fourth-order valence-electron chi connectivity index (χ4n) is 1.03. The van der Waals surface area contributed by atoms with Gasteiger partial charge in [0.05, 0.1) is 13.1 Å². The number of rotatable bonds is 8. The number of carbonyl (C=O) groups excluding carboxylic acids is 2. The highest BCUT2D eigenvalue weighted by Crippen LogP contribution is 2.06. The highest BCUT2D eigenvalue weighted by atomic mass is 16.7. The van der Waals surface area contributed by atoms with E-state index in [1.54, 1.807) is 12.2 Å². The molecule has 7 heteroatoms. The van der Waals surface area contributed by atoms with Crippen LogP contribution in [0.15, 0.2) is 22.1 Å². The van der Waals surface area contributed by atoms with Crippen molar-refractivity contribution >= 4 is 18.3 Å². The molecular weight excluding hydrogens is 228 g/mol. The van der Waals surface area contributed by atoms with Gasteiger partial charge in [0, 0.05) is 12.8 Å². The lowest BCUT2D eigenvalue weighted by Gasteiger charge is -2.11. The van der Waals surface area contributed by atoms with E-state index in [0.717, 1.165) is 0 Å². The van der Waals surface area contributed by atoms with Gasteiger partial charge in [0.15, 0.2) is 0 Å². The molecule has 0 heterocycles. The maximum absolute atomic E-state index is 10.4. The van der Waals surface area contributed by atoms with Crippen LogP contribution in [0.3, 0.4) is 0 Å². The molecule has 0 amide bonds. The summed E-state index contributed by atoms with van der Waals surface area (Å²) in [4.78, 5) is 36.5. The molecule has 0 rings (SSSR count). The summed E-state index contributed by atoms with van der Waals surface area (Å²) in [6, 6.07) is 0. The average Bonchev–Trinajstić information content (AvgIpc) is 2.28. The molecule has 0 aliphatic heterocycles. The minimum atomic E-state index is -1.38. The minimum Gasteiger partial charge on any atom is -0.450 e. The third kappa shape index (κ3) is 10.1. The molecule has 0 spiro atoms. The van der Waals surface area contributed by atoms with E-state index in [2.05, 4.69) is 14.7 Å². The highest BCUT2D eigenvalue weighted by molar-refractivity contribution is 5.57. The Morgan fingerprint density at radius 3 is 2.59 bits per heavy atom. The van der Waals surface area contributed by atoms with Crippen molar-refractivity contribution in [1.29, 1.82) is 0 Å². The maximum atomic E-state index is 10.4. The second-order valence-corrected chi connectivity index (χ2v) is 2.91. The van der Waals surface area contributed by atoms with Crippen LogP contribution in [-0.4, -0.2) is 42.6 Å². The summed E-state index contributed by atoms with van der Waals surface area (Å²) in [6.45, 7) is 0.345. The van der Waals surface area contributed by atoms with Crippen LogP contribution < -0.4 is 0 Å². The van der Waals surface area contributed by atoms with Gasteiger partial charge in [-0.25, -0.2) is 24.4 Å². The van der Waals surface area contributed by atoms with Gasteiger partial charge in [-0.15, -0.1) is 0 Å². The summed E-state index contributed by atoms with van der Waals surface area (Å²) in [7, 11) is 0. The lowest BCUT2D eigenvalue weighted by molar-refractivity contribution is 0.0505. The molecule has 0 radical (unpaired) electrons. The molecule has 7 nitrogen and oxygen atoms in total. The molecule has 0 saturated carbocycles. The quantitative estimate of drug-likeness (QED) is 0.295. The standard InChI is InChI=1S/C10H12N2O5/c13-7-11-5-2-1-3-9(17-10(15)16)4-6-12-8-14/h1-2,9H,3-6H2,(H,15,16). The predicted molar refractivity (Wildman–Crippen MR) is 57.2 cm³/mol. The van der Waals surface area contributed by atoms with E-state index < -0.39 is 12.3 Å². The number of carboxylic acid groups (broad SMARTS) is 1. The highest BCUT2D eigenvalue weighted by Gasteiger charge is 2.11. The molecule has 17 heavy (non-hydrogen) atoms. The molecule has 0 aromatic heterocycles. The molecule has 1 N–H and O–H groups in total. The molecule has 0 aliphatic carbocycles. The zero-order valence-corrected chi connectivity index (χ0v) is 9.04. The number of hydrogen-bond acceptors (Lipinski definition) is 6. The number of nitrogens with zero attached hydrogens (tertiary/aromatic N) is 2. The molecule has 0 aromatic carbocycles. The van der Waals surface area contributed by atoms with Crippen LogP contribution in [-0.2, 0) is 14.3 Å². The minimum absolute atomic E-state index is 0.155. The van der Waals surface area contributed by atoms with Crippen molar-refractivity contribution in [1.82, 2.24) is 0 Å². The molecule has 1 unspecified atom stereocenters. The lowest BCUT2D eigenvalue weighted by atomic mass is 10.2. The number of hydrogen-bond donors (Lipinski definition) is 1. The Balaban J connectivity index is 4.07. The van der Waals surface area contributed by atoms with E-state index in [0.29, 0.717) is 12.8 Å². The molecule has 0 saturated heterocycles. The first kappa shape index (κ1) is 14.8. The average molecular weight is 240 g/mol. The summed E-state index contributed by atoms with van der Waals surface area (Å²) in [5, 5.41) is 8.46. The van der Waals surface area contributed by atoms with Gasteiger partial charge >= 0.3 is 6.16 Å². The lowest BCUT2D eigenvalue weighted by Crippen LogP contribution is -2.17. The Morgan fingerprint density at radius 1 is 1.29 bits per heavy atom. The molecule has 1 atom stereocenters. The monoisotopic (exact) mass is 240 g/mol. The summed E-state index contributed by atoms with van der Waals surface area (Å²) >= 11 is 0. The van der Waals surface area contributed by atoms with E-state index in [1.807, 2.05) is 0 Å². The van der Waals surface area contributed by atoms with Crippen LogP contribution >= 0.6 is 0 Å². The fraction of sp³-hybridized carbons (Fsp3) is 0.500. The molecule has 92 valence electrons. The van der Waals surface area contributed by atoms with Crippen molar-refractivity contribution in [3.63, 3.8) is 0 Å². The zero-order chi connectivity index (χ0) is 12.9. The van der Waals surface area contributed by atoms with Gasteiger partial charge in [0.25, 0.3) is 0 Å². The van der Waals surface area contributed by atoms with E-state index in [4.69, 9.17) is 5.11 Å². The third-order valence-corrected chi connectivity index (χ3v) is 1.72. The molecule has 0 aromatic rings. The number of ether oxygens (including phenoxy) is 1. The molecule has 0 fully saturated rings. The number of isocyanates is 2. The van der Waals surface area contributed by atoms with Crippen molar-refractivity contribution in [2.75, 3.05) is 13.1 Å². The van der Waals surface area contributed by atoms with Crippen molar-refractivity contribution in [3.05, 3.63) is 12.2 Å². The van der Waals surface area contributed by atoms with Crippen molar-refractivity contribution in [2.45, 2.75) is 18.9 Å². The van der Waals surface area contributed by atoms with Gasteiger partial charge in [-0.1, -0.05) is 12.2 Å². The van der Waals surface area contributed by atoms with Crippen molar-refractivity contribution in [3.8, 4) is 0 Å². The van der Waals surface area contributed by atoms with Crippen LogP contribution in [0.25, 0.3) is 0 Å². The van der Waals surface area contributed by atoms with E-state index in [1.165, 1.54) is 12.2 Å². The van der Waals surface area contributed by atoms with E-state index >= 15 is 0 Å². The van der Waals surface area contributed by atoms with Crippen LogP contribution in [0, 0.1) is 0 Å². The first-order valence-corrected chi connectivity index (χ1v) is 4.82. The van der Waals surface area contributed by atoms with Crippen LogP contribution in [0.5, 0.6) is 0 Å². The summed E-state index contributed by atoms with van der Waals surface area (Å²) in [5.41, 5.74) is 0. The summed E-state index contributed by atoms with van der Waals surface area (Å²) in [6.07, 6.45) is 4.61. The Hall–Kier alpha value is -2.23. The van der Waals surface area contributed by atoms with Gasteiger partial charge in [-0.2, -0.15) is 0 Å². The largest absolute Gasteiger partial charge is 0.506 e. The van der Waals surface area contributed by atoms with Gasteiger partial charge in [0.1, 0.15) is 6.10 Å². The molecule has 0 bridgehead atoms. The third-order valence-electron chi connectivity index (χ3n) is 1.72. The Bertz CT molecular complexity index is 354. The van der Waals surface area contributed by atoms with Crippen LogP contribution in [0.4, 0.5) is 4.79 Å². The Labute approximate surface area is 97.5 Å². The van der Waals surface area contributed by atoms with E-state index in [9.17, 15) is 14.4 Å². The second-order valence-electron chi connectivity index (χ2n) is 2.91. The van der Waals surface area contributed by atoms with Crippen LogP contribution in [0.2, 0.25) is 0 Å². The van der Waals surface area contributed by atoms with Gasteiger partial charge in [-0.05, 0) is 0 Å². The maximum Gasteiger partial charge on any atom is 0.506 e. The summed E-state index contributed by atoms with van der Waals surface area (Å²) in [5.74, 6) is 0. The topological polar surface area (TPSA) is 105 Å². The smallest absolute Gasteiger partial charge is 0.450 e. The number of aliphatic imine (C=N–C) groups is 2. The van der Waals surface area contributed by atoms with Crippen molar-refractivity contribution < 1.29 is 24.2 Å². The number of carbonyl (C=O) groups is 1. The zero-order valence-electron chi connectivity index (χ0n) is 9.04. The molecule has 0 aliphatic rings. The SMILES string of the molecule is O=C=NCC=CCC(CCN=C=O)OC(=O)O. The Morgan fingerprint density at radius 2 is 2.00 bits per heavy atom. The van der Waals surface area contributed by atoms with Gasteiger partial charge in [-0.3, -0.25) is 0 Å². The Kier molecular flexibility index (Phi) is 8.94. The first-order chi connectivity index (χ1) is 8.20. The van der Waals surface area contributed by atoms with Gasteiger partial charge < -0.3 is 9.84 Å². The predicted octanol–water partition coefficient (Wildman–Crippen LogP) is 1.06. The van der Waals surface area contributed by atoms with Crippen molar-refractivity contribution in [2.24, 2.45) is 9.98 Å². The summed E-state index contributed by atoms with van der Waals surface area (Å²) < 4.78 is 4.57.